The zero-order valence-electron chi connectivity index (χ0n) is 9.38. The second-order valence-electron chi connectivity index (χ2n) is 4.64. The van der Waals surface area contributed by atoms with Gasteiger partial charge in [0.1, 0.15) is 5.82 Å². The lowest BCUT2D eigenvalue weighted by Gasteiger charge is -2.24. The maximum Gasteiger partial charge on any atom is 0.224 e. The summed E-state index contributed by atoms with van der Waals surface area (Å²) in [5.41, 5.74) is 2.55. The van der Waals surface area contributed by atoms with Crippen LogP contribution in [0.1, 0.15) is 36.9 Å². The molecule has 0 amide bonds. The average Bonchev–Trinajstić information content (AvgIpc) is 2.81. The Hall–Kier alpha value is -0.830. The standard InChI is InChI=1S/C12H16ClN3/c13-12-14-10-6-2-1-5-9(10)11(15-12)16-7-3-4-8-16/h1-8H2. The molecule has 0 bridgehead atoms. The highest BCUT2D eigenvalue weighted by Gasteiger charge is 2.22. The first kappa shape index (κ1) is 10.3. The monoisotopic (exact) mass is 237 g/mol. The first-order chi connectivity index (χ1) is 7.84. The van der Waals surface area contributed by atoms with Gasteiger partial charge in [-0.3, -0.25) is 0 Å². The van der Waals surface area contributed by atoms with Crippen molar-refractivity contribution in [2.24, 2.45) is 0 Å². The van der Waals surface area contributed by atoms with Crippen LogP contribution >= 0.6 is 11.6 Å². The average molecular weight is 238 g/mol. The number of rotatable bonds is 1. The molecule has 1 aromatic heterocycles. The molecule has 0 unspecified atom stereocenters. The molecule has 0 N–H and O–H groups in total. The Labute approximate surface area is 101 Å². The van der Waals surface area contributed by atoms with E-state index in [9.17, 15) is 0 Å². The van der Waals surface area contributed by atoms with Gasteiger partial charge in [0.25, 0.3) is 0 Å². The third-order valence-corrected chi connectivity index (χ3v) is 3.71. The van der Waals surface area contributed by atoms with Crippen LogP contribution in [0.4, 0.5) is 5.82 Å². The Morgan fingerprint density at radius 2 is 1.69 bits per heavy atom. The van der Waals surface area contributed by atoms with Gasteiger partial charge in [-0.2, -0.15) is 0 Å². The van der Waals surface area contributed by atoms with Gasteiger partial charge in [0.2, 0.25) is 5.28 Å². The summed E-state index contributed by atoms with van der Waals surface area (Å²) in [7, 11) is 0. The van der Waals surface area contributed by atoms with E-state index in [0.29, 0.717) is 5.28 Å². The van der Waals surface area contributed by atoms with Gasteiger partial charge in [-0.1, -0.05) is 0 Å². The minimum atomic E-state index is 0.419. The molecule has 0 aromatic carbocycles. The minimum absolute atomic E-state index is 0.419. The molecule has 0 saturated carbocycles. The van der Waals surface area contributed by atoms with Gasteiger partial charge in [-0.05, 0) is 50.1 Å². The Balaban J connectivity index is 2.04. The fourth-order valence-electron chi connectivity index (χ4n) is 2.74. The molecule has 0 spiro atoms. The summed E-state index contributed by atoms with van der Waals surface area (Å²) < 4.78 is 0. The highest BCUT2D eigenvalue weighted by Crippen LogP contribution is 2.30. The minimum Gasteiger partial charge on any atom is -0.356 e. The summed E-state index contributed by atoms with van der Waals surface area (Å²) in [6, 6.07) is 0. The van der Waals surface area contributed by atoms with Gasteiger partial charge in [-0.25, -0.2) is 9.97 Å². The van der Waals surface area contributed by atoms with Crippen molar-refractivity contribution in [2.75, 3.05) is 18.0 Å². The highest BCUT2D eigenvalue weighted by atomic mass is 35.5. The predicted molar refractivity (Wildman–Crippen MR) is 65.1 cm³/mol. The van der Waals surface area contributed by atoms with Crippen LogP contribution in [0.15, 0.2) is 0 Å². The number of fused-ring (bicyclic) bond motifs is 1. The van der Waals surface area contributed by atoms with E-state index in [2.05, 4.69) is 14.9 Å². The number of nitrogens with zero attached hydrogens (tertiary/aromatic N) is 3. The zero-order chi connectivity index (χ0) is 11.0. The van der Waals surface area contributed by atoms with Gasteiger partial charge >= 0.3 is 0 Å². The summed E-state index contributed by atoms with van der Waals surface area (Å²) in [6.45, 7) is 2.25. The molecule has 1 fully saturated rings. The Bertz CT molecular complexity index is 399. The zero-order valence-corrected chi connectivity index (χ0v) is 10.1. The van der Waals surface area contributed by atoms with Crippen molar-refractivity contribution in [3.05, 3.63) is 16.5 Å². The number of hydrogen-bond donors (Lipinski definition) is 0. The van der Waals surface area contributed by atoms with E-state index < -0.39 is 0 Å². The number of aromatic nitrogens is 2. The van der Waals surface area contributed by atoms with Crippen molar-refractivity contribution >= 4 is 17.4 Å². The van der Waals surface area contributed by atoms with Crippen LogP contribution in [-0.2, 0) is 12.8 Å². The van der Waals surface area contributed by atoms with Crippen LogP contribution in [0.25, 0.3) is 0 Å². The summed E-state index contributed by atoms with van der Waals surface area (Å²) in [4.78, 5) is 11.2. The van der Waals surface area contributed by atoms with Crippen LogP contribution in [0.2, 0.25) is 5.28 Å². The van der Waals surface area contributed by atoms with Crippen molar-refractivity contribution < 1.29 is 0 Å². The normalized spacial score (nSPS) is 19.9. The summed E-state index contributed by atoms with van der Waals surface area (Å²) in [6.07, 6.45) is 7.24. The molecule has 2 heterocycles. The van der Waals surface area contributed by atoms with Crippen LogP contribution < -0.4 is 4.90 Å². The van der Waals surface area contributed by atoms with Crippen molar-refractivity contribution in [3.8, 4) is 0 Å². The van der Waals surface area contributed by atoms with Gasteiger partial charge in [-0.15, -0.1) is 0 Å². The maximum atomic E-state index is 6.01. The second kappa shape index (κ2) is 4.21. The fourth-order valence-corrected chi connectivity index (χ4v) is 2.92. The predicted octanol–water partition coefficient (Wildman–Crippen LogP) is 2.61. The van der Waals surface area contributed by atoms with E-state index in [-0.39, 0.29) is 0 Å². The lowest BCUT2D eigenvalue weighted by atomic mass is 9.96. The molecule has 3 nitrogen and oxygen atoms in total. The number of aryl methyl sites for hydroxylation is 1. The molecular weight excluding hydrogens is 222 g/mol. The van der Waals surface area contributed by atoms with Crippen LogP contribution in [-0.4, -0.2) is 23.1 Å². The first-order valence-corrected chi connectivity index (χ1v) is 6.52. The summed E-state index contributed by atoms with van der Waals surface area (Å²) >= 11 is 6.01. The largest absolute Gasteiger partial charge is 0.356 e. The number of hydrogen-bond acceptors (Lipinski definition) is 3. The Morgan fingerprint density at radius 3 is 2.50 bits per heavy atom. The van der Waals surface area contributed by atoms with Gasteiger partial charge in [0, 0.05) is 18.7 Å². The van der Waals surface area contributed by atoms with E-state index in [1.54, 1.807) is 0 Å². The molecule has 1 aromatic rings. The van der Waals surface area contributed by atoms with Crippen molar-refractivity contribution in [1.29, 1.82) is 0 Å². The lowest BCUT2D eigenvalue weighted by Crippen LogP contribution is -2.23. The number of anilines is 1. The van der Waals surface area contributed by atoms with Gasteiger partial charge in [0.15, 0.2) is 0 Å². The molecule has 0 atom stereocenters. The summed E-state index contributed by atoms with van der Waals surface area (Å²) in [5.74, 6) is 1.12. The SMILES string of the molecule is Clc1nc2c(c(N3CCCC3)n1)CCCC2. The second-order valence-corrected chi connectivity index (χ2v) is 4.98. The molecule has 0 radical (unpaired) electrons. The van der Waals surface area contributed by atoms with E-state index in [4.69, 9.17) is 11.6 Å². The first-order valence-electron chi connectivity index (χ1n) is 6.15. The highest BCUT2D eigenvalue weighted by molar-refractivity contribution is 6.28. The third kappa shape index (κ3) is 1.77. The van der Waals surface area contributed by atoms with E-state index in [0.717, 1.165) is 31.7 Å². The Morgan fingerprint density at radius 1 is 0.938 bits per heavy atom. The van der Waals surface area contributed by atoms with E-state index in [1.165, 1.54) is 36.9 Å². The van der Waals surface area contributed by atoms with Crippen molar-refractivity contribution in [3.63, 3.8) is 0 Å². The lowest BCUT2D eigenvalue weighted by molar-refractivity contribution is 0.659. The van der Waals surface area contributed by atoms with E-state index >= 15 is 0 Å². The van der Waals surface area contributed by atoms with Gasteiger partial charge < -0.3 is 4.90 Å². The van der Waals surface area contributed by atoms with Crippen LogP contribution in [0.5, 0.6) is 0 Å². The maximum absolute atomic E-state index is 6.01. The van der Waals surface area contributed by atoms with Crippen LogP contribution in [0, 0.1) is 0 Å². The molecule has 1 saturated heterocycles. The molecule has 1 aliphatic carbocycles. The molecule has 16 heavy (non-hydrogen) atoms. The quantitative estimate of drug-likeness (QED) is 0.703. The molecule has 86 valence electrons. The topological polar surface area (TPSA) is 29.0 Å². The van der Waals surface area contributed by atoms with E-state index in [1.807, 2.05) is 0 Å². The van der Waals surface area contributed by atoms with Crippen LogP contribution in [0.3, 0.4) is 0 Å². The fraction of sp³-hybridized carbons (Fsp3) is 0.667. The molecule has 2 aliphatic rings. The molecular formula is C12H16ClN3. The van der Waals surface area contributed by atoms with Crippen molar-refractivity contribution in [2.45, 2.75) is 38.5 Å². The summed E-state index contributed by atoms with van der Waals surface area (Å²) in [5, 5.41) is 0.419. The molecule has 4 heteroatoms. The molecule has 1 aliphatic heterocycles. The van der Waals surface area contributed by atoms with Crippen molar-refractivity contribution in [1.82, 2.24) is 9.97 Å². The molecule has 3 rings (SSSR count). The smallest absolute Gasteiger partial charge is 0.224 e. The number of halogens is 1. The van der Waals surface area contributed by atoms with Gasteiger partial charge in [0.05, 0.1) is 5.69 Å². The third-order valence-electron chi connectivity index (χ3n) is 3.54. The Kier molecular flexibility index (Phi) is 2.72.